The molecule has 0 fully saturated rings. The number of aryl methyl sites for hydroxylation is 1. The lowest BCUT2D eigenvalue weighted by Gasteiger charge is -2.12. The summed E-state index contributed by atoms with van der Waals surface area (Å²) >= 11 is 0. The highest BCUT2D eigenvalue weighted by molar-refractivity contribution is 7.91. The standard InChI is InChI=1S/C17H16FN3O3S/c1-12-19-17(24-20-12)10-14-6-2-3-8-16(14)21-25(22,23)11-13-5-4-7-15(18)9-13/h2-9,21H,10-11H2,1H3. The minimum absolute atomic E-state index is 0.305. The number of hydrogen-bond acceptors (Lipinski definition) is 5. The summed E-state index contributed by atoms with van der Waals surface area (Å²) in [6.45, 7) is 1.71. The van der Waals surface area contributed by atoms with Crippen molar-refractivity contribution in [2.24, 2.45) is 0 Å². The van der Waals surface area contributed by atoms with Gasteiger partial charge in [-0.2, -0.15) is 4.98 Å². The van der Waals surface area contributed by atoms with Gasteiger partial charge in [-0.25, -0.2) is 12.8 Å². The summed E-state index contributed by atoms with van der Waals surface area (Å²) in [6.07, 6.45) is 0.305. The normalized spacial score (nSPS) is 11.4. The van der Waals surface area contributed by atoms with Crippen molar-refractivity contribution in [3.8, 4) is 0 Å². The molecule has 130 valence electrons. The molecule has 0 unspecified atom stereocenters. The number of nitrogens with zero attached hydrogens (tertiary/aromatic N) is 2. The van der Waals surface area contributed by atoms with Crippen molar-refractivity contribution in [3.63, 3.8) is 0 Å². The Labute approximate surface area is 144 Å². The van der Waals surface area contributed by atoms with Gasteiger partial charge in [-0.15, -0.1) is 0 Å². The molecule has 3 rings (SSSR count). The quantitative estimate of drug-likeness (QED) is 0.729. The van der Waals surface area contributed by atoms with E-state index in [-0.39, 0.29) is 5.75 Å². The largest absolute Gasteiger partial charge is 0.339 e. The first-order chi connectivity index (χ1) is 11.9. The number of para-hydroxylation sites is 1. The summed E-state index contributed by atoms with van der Waals surface area (Å²) in [5.41, 5.74) is 1.50. The van der Waals surface area contributed by atoms with Crippen molar-refractivity contribution < 1.29 is 17.3 Å². The lowest BCUT2D eigenvalue weighted by atomic mass is 10.1. The van der Waals surface area contributed by atoms with E-state index in [1.54, 1.807) is 37.3 Å². The Hall–Kier alpha value is -2.74. The van der Waals surface area contributed by atoms with E-state index in [1.165, 1.54) is 18.2 Å². The Kier molecular flexibility index (Phi) is 4.80. The molecule has 0 amide bonds. The average Bonchev–Trinajstić information content (AvgIpc) is 2.93. The molecule has 8 heteroatoms. The Morgan fingerprint density at radius 2 is 1.96 bits per heavy atom. The summed E-state index contributed by atoms with van der Waals surface area (Å²) in [6, 6.07) is 12.5. The maximum Gasteiger partial charge on any atom is 0.236 e. The van der Waals surface area contributed by atoms with Crippen molar-refractivity contribution in [2.75, 3.05) is 4.72 Å². The smallest absolute Gasteiger partial charge is 0.236 e. The van der Waals surface area contributed by atoms with Crippen LogP contribution in [0, 0.1) is 12.7 Å². The van der Waals surface area contributed by atoms with E-state index in [0.717, 1.165) is 0 Å². The number of aromatic nitrogens is 2. The van der Waals surface area contributed by atoms with Gasteiger partial charge in [0.1, 0.15) is 5.82 Å². The lowest BCUT2D eigenvalue weighted by Crippen LogP contribution is -2.16. The number of nitrogens with one attached hydrogen (secondary N) is 1. The highest BCUT2D eigenvalue weighted by Crippen LogP contribution is 2.21. The molecule has 0 saturated carbocycles. The third kappa shape index (κ3) is 4.63. The molecule has 0 aliphatic rings. The van der Waals surface area contributed by atoms with E-state index in [9.17, 15) is 12.8 Å². The lowest BCUT2D eigenvalue weighted by molar-refractivity contribution is 0.381. The fraction of sp³-hybridized carbons (Fsp3) is 0.176. The number of benzene rings is 2. The van der Waals surface area contributed by atoms with Crippen LogP contribution in [0.2, 0.25) is 0 Å². The predicted octanol–water partition coefficient (Wildman–Crippen LogP) is 3.05. The van der Waals surface area contributed by atoms with Gasteiger partial charge < -0.3 is 4.52 Å². The molecule has 0 spiro atoms. The van der Waals surface area contributed by atoms with Crippen molar-refractivity contribution in [1.29, 1.82) is 0 Å². The molecular weight excluding hydrogens is 345 g/mol. The number of anilines is 1. The summed E-state index contributed by atoms with van der Waals surface area (Å²) in [5, 5.41) is 3.72. The first-order valence-electron chi connectivity index (χ1n) is 7.53. The number of rotatable bonds is 6. The maximum atomic E-state index is 13.2. The van der Waals surface area contributed by atoms with E-state index >= 15 is 0 Å². The molecule has 1 aromatic heterocycles. The molecule has 0 saturated heterocycles. The Bertz CT molecular complexity index is 986. The molecule has 0 atom stereocenters. The number of hydrogen-bond donors (Lipinski definition) is 1. The molecule has 0 radical (unpaired) electrons. The summed E-state index contributed by atoms with van der Waals surface area (Å²) in [7, 11) is -3.70. The molecule has 0 aliphatic carbocycles. The topological polar surface area (TPSA) is 85.1 Å². The summed E-state index contributed by atoms with van der Waals surface area (Å²) in [5.74, 6) is 0.118. The van der Waals surface area contributed by atoms with Crippen LogP contribution in [0.15, 0.2) is 53.1 Å². The summed E-state index contributed by atoms with van der Waals surface area (Å²) < 4.78 is 45.7. The van der Waals surface area contributed by atoms with Gasteiger partial charge in [-0.1, -0.05) is 35.5 Å². The third-order valence-electron chi connectivity index (χ3n) is 3.44. The fourth-order valence-corrected chi connectivity index (χ4v) is 3.62. The van der Waals surface area contributed by atoms with Crippen LogP contribution < -0.4 is 4.72 Å². The SMILES string of the molecule is Cc1noc(Cc2ccccc2NS(=O)(=O)Cc2cccc(F)c2)n1. The second-order valence-electron chi connectivity index (χ2n) is 5.56. The first-order valence-corrected chi connectivity index (χ1v) is 9.18. The van der Waals surface area contributed by atoms with Crippen LogP contribution in [0.1, 0.15) is 22.8 Å². The third-order valence-corrected chi connectivity index (χ3v) is 4.68. The first kappa shape index (κ1) is 17.1. The minimum atomic E-state index is -3.70. The molecule has 1 N–H and O–H groups in total. The Balaban J connectivity index is 1.80. The van der Waals surface area contributed by atoms with Crippen molar-refractivity contribution in [2.45, 2.75) is 19.1 Å². The van der Waals surface area contributed by atoms with Crippen LogP contribution in [0.3, 0.4) is 0 Å². The zero-order valence-electron chi connectivity index (χ0n) is 13.4. The van der Waals surface area contributed by atoms with E-state index in [4.69, 9.17) is 4.52 Å². The van der Waals surface area contributed by atoms with E-state index in [2.05, 4.69) is 14.9 Å². The monoisotopic (exact) mass is 361 g/mol. The van der Waals surface area contributed by atoms with E-state index < -0.39 is 15.8 Å². The van der Waals surface area contributed by atoms with Crippen molar-refractivity contribution in [1.82, 2.24) is 10.1 Å². The zero-order chi connectivity index (χ0) is 17.9. The van der Waals surface area contributed by atoms with Gasteiger partial charge in [0.05, 0.1) is 17.9 Å². The average molecular weight is 361 g/mol. The Morgan fingerprint density at radius 1 is 1.16 bits per heavy atom. The maximum absolute atomic E-state index is 13.2. The van der Waals surface area contributed by atoms with Gasteiger partial charge in [0.25, 0.3) is 0 Å². The van der Waals surface area contributed by atoms with E-state index in [1.807, 2.05) is 0 Å². The van der Waals surface area contributed by atoms with Crippen LogP contribution in [-0.4, -0.2) is 18.6 Å². The molecule has 0 bridgehead atoms. The summed E-state index contributed by atoms with van der Waals surface area (Å²) in [4.78, 5) is 4.12. The zero-order valence-corrected chi connectivity index (χ0v) is 14.3. The molecule has 3 aromatic rings. The van der Waals surface area contributed by atoms with Crippen LogP contribution in [0.25, 0.3) is 0 Å². The van der Waals surface area contributed by atoms with Crippen LogP contribution in [0.4, 0.5) is 10.1 Å². The highest BCUT2D eigenvalue weighted by atomic mass is 32.2. The molecule has 1 heterocycles. The van der Waals surface area contributed by atoms with Crippen molar-refractivity contribution in [3.05, 3.63) is 77.2 Å². The Morgan fingerprint density at radius 3 is 2.68 bits per heavy atom. The van der Waals surface area contributed by atoms with Crippen LogP contribution >= 0.6 is 0 Å². The predicted molar refractivity (Wildman–Crippen MR) is 90.9 cm³/mol. The molecule has 0 aliphatic heterocycles. The number of halogens is 1. The number of sulfonamides is 1. The van der Waals surface area contributed by atoms with Gasteiger partial charge >= 0.3 is 0 Å². The molecule has 2 aromatic carbocycles. The van der Waals surface area contributed by atoms with E-state index in [0.29, 0.717) is 35.0 Å². The van der Waals surface area contributed by atoms with Gasteiger partial charge in [0, 0.05) is 0 Å². The van der Waals surface area contributed by atoms with Gasteiger partial charge in [-0.3, -0.25) is 4.72 Å². The fourth-order valence-electron chi connectivity index (χ4n) is 2.40. The minimum Gasteiger partial charge on any atom is -0.339 e. The second-order valence-corrected chi connectivity index (χ2v) is 7.28. The van der Waals surface area contributed by atoms with Gasteiger partial charge in [-0.05, 0) is 36.2 Å². The second kappa shape index (κ2) is 7.02. The molecule has 25 heavy (non-hydrogen) atoms. The molecular formula is C17H16FN3O3S. The van der Waals surface area contributed by atoms with Gasteiger partial charge in [0.15, 0.2) is 5.82 Å². The molecule has 6 nitrogen and oxygen atoms in total. The van der Waals surface area contributed by atoms with Crippen LogP contribution in [0.5, 0.6) is 0 Å². The highest BCUT2D eigenvalue weighted by Gasteiger charge is 2.15. The van der Waals surface area contributed by atoms with Gasteiger partial charge in [0.2, 0.25) is 15.9 Å². The van der Waals surface area contributed by atoms with Crippen molar-refractivity contribution >= 4 is 15.7 Å². The van der Waals surface area contributed by atoms with Crippen LogP contribution in [-0.2, 0) is 22.2 Å².